The Kier molecular flexibility index (Phi) is 24.0. The Morgan fingerprint density at radius 3 is 1.10 bits per heavy atom. The minimum absolute atomic E-state index is 0.259. The van der Waals surface area contributed by atoms with Crippen molar-refractivity contribution in [1.29, 1.82) is 0 Å². The van der Waals surface area contributed by atoms with Gasteiger partial charge < -0.3 is 28.4 Å². The summed E-state index contributed by atoms with van der Waals surface area (Å²) in [6, 6.07) is 50.2. The molecule has 4 heterocycles. The summed E-state index contributed by atoms with van der Waals surface area (Å²) in [5.74, 6) is 2.72. The van der Waals surface area contributed by atoms with E-state index in [4.69, 9.17) is 48.0 Å². The highest BCUT2D eigenvalue weighted by Gasteiger charge is 2.52. The van der Waals surface area contributed by atoms with Gasteiger partial charge in [0.25, 0.3) is 0 Å². The van der Waals surface area contributed by atoms with Crippen molar-refractivity contribution in [2.24, 2.45) is 23.7 Å². The predicted molar refractivity (Wildman–Crippen MR) is 348 cm³/mol. The lowest BCUT2D eigenvalue weighted by atomic mass is 9.78. The predicted octanol–water partition coefficient (Wildman–Crippen LogP) is 15.7. The number of aryl methyl sites for hydroxylation is 2. The fourth-order valence-electron chi connectivity index (χ4n) is 14.2. The first-order valence-corrected chi connectivity index (χ1v) is 34.1. The molecule has 6 fully saturated rings. The van der Waals surface area contributed by atoms with Crippen LogP contribution >= 0.6 is 0 Å². The third-order valence-corrected chi connectivity index (χ3v) is 19.8. The van der Waals surface area contributed by atoms with Gasteiger partial charge in [-0.2, -0.15) is 0 Å². The third kappa shape index (κ3) is 18.2. The zero-order valence-electron chi connectivity index (χ0n) is 53.7. The molecule has 0 spiro atoms. The summed E-state index contributed by atoms with van der Waals surface area (Å²) in [5, 5.41) is 0. The smallest absolute Gasteiger partial charge is 0.338 e. The molecular formula is C78H96O12. The van der Waals surface area contributed by atoms with Crippen LogP contribution in [0.15, 0.2) is 146 Å². The molecule has 8 atom stereocenters. The van der Waals surface area contributed by atoms with Crippen LogP contribution in [0.5, 0.6) is 0 Å². The molecule has 0 N–H and O–H groups in total. The SMILES string of the molecule is CCCC1CCC(Cc2ccc(COO[C@H]3CO[C@@H]4C(OC(=O)c5ccc(CC6CCC(CC)CC6)cc5)CO[C@H]34)cc2)CC1.CCCc1ccc(Cc2ccc(COO[C@H]3CO[C@@H]4C(OC(=O)c5ccc(Cc6ccc(CC)cc6)cc5)CO[C@H]34)cc2)cc1. The average Bonchev–Trinajstić information content (AvgIpc) is 2.20. The molecule has 4 aliphatic heterocycles. The van der Waals surface area contributed by atoms with Crippen molar-refractivity contribution in [2.45, 2.75) is 205 Å². The molecule has 6 aliphatic rings. The first-order chi connectivity index (χ1) is 44.1. The number of benzene rings is 6. The van der Waals surface area contributed by atoms with Crippen LogP contribution in [-0.2, 0) is 99.7 Å². The maximum atomic E-state index is 13.0. The van der Waals surface area contributed by atoms with Gasteiger partial charge in [-0.15, -0.1) is 0 Å². The van der Waals surface area contributed by atoms with E-state index >= 15 is 0 Å². The Labute approximate surface area is 534 Å². The molecule has 6 aromatic rings. The van der Waals surface area contributed by atoms with Crippen molar-refractivity contribution in [1.82, 2.24) is 0 Å². The van der Waals surface area contributed by atoms with Crippen molar-refractivity contribution >= 4 is 11.9 Å². The number of hydrogen-bond donors (Lipinski definition) is 0. The van der Waals surface area contributed by atoms with Crippen LogP contribution in [0.4, 0.5) is 0 Å². The highest BCUT2D eigenvalue weighted by molar-refractivity contribution is 5.90. The Morgan fingerprint density at radius 2 is 0.700 bits per heavy atom. The van der Waals surface area contributed by atoms with Gasteiger partial charge in [0.2, 0.25) is 0 Å². The number of ether oxygens (including phenoxy) is 6. The number of rotatable bonds is 26. The van der Waals surface area contributed by atoms with E-state index in [1.165, 1.54) is 116 Å². The summed E-state index contributed by atoms with van der Waals surface area (Å²) in [7, 11) is 0. The number of carbonyl (C=O) groups is 2. The fourth-order valence-corrected chi connectivity index (χ4v) is 14.2. The Hall–Kier alpha value is -6.06. The van der Waals surface area contributed by atoms with Crippen LogP contribution in [-0.4, -0.2) is 87.2 Å². The maximum absolute atomic E-state index is 13.0. The molecule has 4 saturated heterocycles. The van der Waals surface area contributed by atoms with Gasteiger partial charge in [-0.1, -0.05) is 200 Å². The lowest BCUT2D eigenvalue weighted by molar-refractivity contribution is -0.341. The number of fused-ring (bicyclic) bond motifs is 2. The lowest BCUT2D eigenvalue weighted by Crippen LogP contribution is -2.35. The molecule has 2 saturated carbocycles. The average molecular weight is 1230 g/mol. The van der Waals surface area contributed by atoms with Crippen molar-refractivity contribution in [3.05, 3.63) is 212 Å². The summed E-state index contributed by atoms with van der Waals surface area (Å²) < 4.78 is 35.4. The molecule has 6 aromatic carbocycles. The Bertz CT molecular complexity index is 3110. The van der Waals surface area contributed by atoms with E-state index < -0.39 is 12.2 Å². The number of esters is 2. The molecular weight excluding hydrogens is 1130 g/mol. The van der Waals surface area contributed by atoms with Crippen molar-refractivity contribution in [3.63, 3.8) is 0 Å². The standard InChI is InChI=1S/C39H54O6.C39H42O6/c2*1-3-5-28-8-12-30(13-9-28)22-31-14-16-33(17-15-31)24-43-45-36-26-42-37-35(25-41-38(36)37)44-39(40)34-20-18-32(19-21-34)23-29-10-6-27(4-2)7-11-29/h14-21,27-30,35-38H,3-13,22-26H2,1-2H3;6-21,35-38H,3-5,22-26H2,1-2H3/t27?,28?,29?,30?,35?,36-,37+,38+;35?,36-,37+,38+/m00/s1. The van der Waals surface area contributed by atoms with E-state index in [-0.39, 0.29) is 55.2 Å². The van der Waals surface area contributed by atoms with E-state index in [0.29, 0.717) is 44.2 Å². The Balaban J connectivity index is 0.000000185. The molecule has 2 unspecified atom stereocenters. The van der Waals surface area contributed by atoms with E-state index in [1.807, 2.05) is 36.4 Å². The molecule has 12 nitrogen and oxygen atoms in total. The fraction of sp³-hybridized carbons (Fsp3) is 0.513. The third-order valence-electron chi connectivity index (χ3n) is 19.8. The normalized spacial score (nSPS) is 26.1. The van der Waals surface area contributed by atoms with Crippen LogP contribution < -0.4 is 0 Å². The van der Waals surface area contributed by atoms with Crippen LogP contribution in [0.1, 0.15) is 181 Å². The minimum Gasteiger partial charge on any atom is -0.453 e. The van der Waals surface area contributed by atoms with E-state index in [1.54, 1.807) is 0 Å². The second-order valence-electron chi connectivity index (χ2n) is 26.4. The van der Waals surface area contributed by atoms with E-state index in [0.717, 1.165) is 78.9 Å². The first-order valence-electron chi connectivity index (χ1n) is 34.1. The van der Waals surface area contributed by atoms with Crippen LogP contribution in [0.25, 0.3) is 0 Å². The van der Waals surface area contributed by atoms with Crippen molar-refractivity contribution < 1.29 is 57.6 Å². The molecule has 12 heteroatoms. The summed E-state index contributed by atoms with van der Waals surface area (Å²) in [6.45, 7) is 10.9. The van der Waals surface area contributed by atoms with Gasteiger partial charge in [0.1, 0.15) is 49.8 Å². The van der Waals surface area contributed by atoms with Crippen LogP contribution in [0, 0.1) is 23.7 Å². The zero-order valence-corrected chi connectivity index (χ0v) is 53.7. The highest BCUT2D eigenvalue weighted by atomic mass is 17.2. The van der Waals surface area contributed by atoms with Gasteiger partial charge in [-0.25, -0.2) is 29.1 Å². The summed E-state index contributed by atoms with van der Waals surface area (Å²) in [6.07, 6.45) is 19.1. The van der Waals surface area contributed by atoms with Gasteiger partial charge in [0.15, 0.2) is 12.2 Å². The van der Waals surface area contributed by atoms with Crippen molar-refractivity contribution in [3.8, 4) is 0 Å². The summed E-state index contributed by atoms with van der Waals surface area (Å²) in [5.41, 5.74) is 13.5. The largest absolute Gasteiger partial charge is 0.453 e. The number of carbonyl (C=O) groups excluding carboxylic acids is 2. The monoisotopic (exact) mass is 1220 g/mol. The topological polar surface area (TPSA) is 126 Å². The van der Waals surface area contributed by atoms with Crippen molar-refractivity contribution in [2.75, 3.05) is 26.4 Å². The zero-order chi connectivity index (χ0) is 62.0. The van der Waals surface area contributed by atoms with E-state index in [9.17, 15) is 9.59 Å². The molecule has 0 radical (unpaired) electrons. The van der Waals surface area contributed by atoms with Gasteiger partial charge in [0.05, 0.1) is 37.6 Å². The quantitative estimate of drug-likeness (QED) is 0.0291. The molecule has 480 valence electrons. The highest BCUT2D eigenvalue weighted by Crippen LogP contribution is 2.36. The van der Waals surface area contributed by atoms with Gasteiger partial charge >= 0.3 is 11.9 Å². The summed E-state index contributed by atoms with van der Waals surface area (Å²) in [4.78, 5) is 48.5. The molecule has 90 heavy (non-hydrogen) atoms. The van der Waals surface area contributed by atoms with Crippen LogP contribution in [0.2, 0.25) is 0 Å². The van der Waals surface area contributed by atoms with Crippen LogP contribution in [0.3, 0.4) is 0 Å². The molecule has 0 bridgehead atoms. The molecule has 0 aromatic heterocycles. The first kappa shape index (κ1) is 65.4. The Morgan fingerprint density at radius 1 is 0.367 bits per heavy atom. The molecule has 0 amide bonds. The number of hydrogen-bond acceptors (Lipinski definition) is 12. The second-order valence-corrected chi connectivity index (χ2v) is 26.4. The second kappa shape index (κ2) is 33.0. The maximum Gasteiger partial charge on any atom is 0.338 e. The van der Waals surface area contributed by atoms with Gasteiger partial charge in [0, 0.05) is 0 Å². The van der Waals surface area contributed by atoms with E-state index in [2.05, 4.69) is 137 Å². The lowest BCUT2D eigenvalue weighted by Gasteiger charge is -2.28. The summed E-state index contributed by atoms with van der Waals surface area (Å²) >= 11 is 0. The van der Waals surface area contributed by atoms with Gasteiger partial charge in [-0.3, -0.25) is 0 Å². The minimum atomic E-state index is -0.497. The molecule has 12 rings (SSSR count). The van der Waals surface area contributed by atoms with Gasteiger partial charge in [-0.05, 0) is 168 Å². The molecule has 2 aliphatic carbocycles.